The Hall–Kier alpha value is -1.62. The molecule has 0 aliphatic carbocycles. The van der Waals surface area contributed by atoms with Gasteiger partial charge in [0, 0.05) is 25.8 Å². The number of hydrogen-bond acceptors (Lipinski definition) is 4. The minimum absolute atomic E-state index is 0.346. The van der Waals surface area contributed by atoms with Crippen LogP contribution in [0.1, 0.15) is 18.9 Å². The van der Waals surface area contributed by atoms with Crippen molar-refractivity contribution < 1.29 is 18.7 Å². The van der Waals surface area contributed by atoms with E-state index in [1.54, 1.807) is 27.0 Å². The Morgan fingerprint density at radius 1 is 1.37 bits per heavy atom. The summed E-state index contributed by atoms with van der Waals surface area (Å²) in [5, 5.41) is 3.03. The number of aryl methyl sites for hydroxylation is 1. The van der Waals surface area contributed by atoms with Crippen LogP contribution in [0, 0.1) is 12.7 Å². The van der Waals surface area contributed by atoms with Crippen molar-refractivity contribution in [2.45, 2.75) is 25.8 Å². The van der Waals surface area contributed by atoms with E-state index in [0.717, 1.165) is 5.56 Å². The maximum atomic E-state index is 13.4. The predicted octanol–water partition coefficient (Wildman–Crippen LogP) is 2.51. The maximum Gasteiger partial charge on any atom is 0.331 e. The molecule has 1 aromatic rings. The SMILES string of the molecule is COCCC(C)(Nc1cc(C)cc(F)c1)C(=O)OC. The van der Waals surface area contributed by atoms with E-state index in [1.807, 2.05) is 0 Å². The van der Waals surface area contributed by atoms with E-state index >= 15 is 0 Å². The Kier molecular flexibility index (Phi) is 5.30. The Morgan fingerprint density at radius 3 is 2.58 bits per heavy atom. The predicted molar refractivity (Wildman–Crippen MR) is 71.7 cm³/mol. The fourth-order valence-electron chi connectivity index (χ4n) is 1.87. The average molecular weight is 269 g/mol. The number of nitrogens with one attached hydrogen (secondary N) is 1. The molecule has 0 bridgehead atoms. The van der Waals surface area contributed by atoms with Gasteiger partial charge in [-0.25, -0.2) is 9.18 Å². The lowest BCUT2D eigenvalue weighted by Crippen LogP contribution is -2.45. The first-order valence-electron chi connectivity index (χ1n) is 6.04. The van der Waals surface area contributed by atoms with Crippen molar-refractivity contribution in [2.24, 2.45) is 0 Å². The molecule has 1 atom stereocenters. The molecule has 0 fully saturated rings. The highest BCUT2D eigenvalue weighted by Gasteiger charge is 2.34. The van der Waals surface area contributed by atoms with Crippen molar-refractivity contribution in [3.8, 4) is 0 Å². The molecule has 19 heavy (non-hydrogen) atoms. The van der Waals surface area contributed by atoms with Gasteiger partial charge in [0.1, 0.15) is 11.4 Å². The van der Waals surface area contributed by atoms with Crippen LogP contribution in [0.4, 0.5) is 10.1 Å². The molecule has 1 rings (SSSR count). The number of rotatable bonds is 6. The Balaban J connectivity index is 2.96. The van der Waals surface area contributed by atoms with Crippen LogP contribution in [-0.4, -0.2) is 32.3 Å². The van der Waals surface area contributed by atoms with E-state index in [1.165, 1.54) is 19.2 Å². The summed E-state index contributed by atoms with van der Waals surface area (Å²) in [6, 6.07) is 4.55. The maximum absolute atomic E-state index is 13.4. The molecule has 0 saturated carbocycles. The Bertz CT molecular complexity index is 430. The summed E-state index contributed by atoms with van der Waals surface area (Å²) in [6.45, 7) is 3.89. The number of carbonyl (C=O) groups is 1. The molecule has 0 aliphatic heterocycles. The van der Waals surface area contributed by atoms with E-state index in [2.05, 4.69) is 5.32 Å². The van der Waals surface area contributed by atoms with Gasteiger partial charge in [-0.3, -0.25) is 0 Å². The fourth-order valence-corrected chi connectivity index (χ4v) is 1.87. The molecular weight excluding hydrogens is 249 g/mol. The van der Waals surface area contributed by atoms with E-state index in [9.17, 15) is 9.18 Å². The van der Waals surface area contributed by atoms with Crippen molar-refractivity contribution in [2.75, 3.05) is 26.1 Å². The molecule has 1 aromatic carbocycles. The van der Waals surface area contributed by atoms with Crippen molar-refractivity contribution in [1.82, 2.24) is 0 Å². The molecule has 1 N–H and O–H groups in total. The number of esters is 1. The second kappa shape index (κ2) is 6.52. The number of anilines is 1. The Labute approximate surface area is 112 Å². The zero-order valence-electron chi connectivity index (χ0n) is 11.7. The summed E-state index contributed by atoms with van der Waals surface area (Å²) in [6.07, 6.45) is 0.422. The van der Waals surface area contributed by atoms with Crippen LogP contribution in [0.15, 0.2) is 18.2 Å². The lowest BCUT2D eigenvalue weighted by atomic mass is 9.97. The van der Waals surface area contributed by atoms with Crippen LogP contribution >= 0.6 is 0 Å². The van der Waals surface area contributed by atoms with Gasteiger partial charge in [0.2, 0.25) is 0 Å². The summed E-state index contributed by atoms with van der Waals surface area (Å²) in [5.74, 6) is -0.757. The van der Waals surface area contributed by atoms with Crippen LogP contribution in [-0.2, 0) is 14.3 Å². The summed E-state index contributed by atoms with van der Waals surface area (Å²) in [7, 11) is 2.88. The van der Waals surface area contributed by atoms with Crippen LogP contribution in [0.2, 0.25) is 0 Å². The lowest BCUT2D eigenvalue weighted by Gasteiger charge is -2.29. The number of benzene rings is 1. The van der Waals surface area contributed by atoms with Crippen LogP contribution < -0.4 is 5.32 Å². The van der Waals surface area contributed by atoms with Crippen LogP contribution in [0.5, 0.6) is 0 Å². The molecule has 0 spiro atoms. The number of hydrogen-bond donors (Lipinski definition) is 1. The van der Waals surface area contributed by atoms with Gasteiger partial charge in [0.15, 0.2) is 0 Å². The molecule has 0 radical (unpaired) electrons. The van der Waals surface area contributed by atoms with Gasteiger partial charge in [-0.1, -0.05) is 0 Å². The number of methoxy groups -OCH3 is 2. The minimum Gasteiger partial charge on any atom is -0.467 e. The number of halogens is 1. The first-order chi connectivity index (χ1) is 8.91. The number of carbonyl (C=O) groups excluding carboxylic acids is 1. The van der Waals surface area contributed by atoms with Crippen molar-refractivity contribution >= 4 is 11.7 Å². The van der Waals surface area contributed by atoms with Crippen molar-refractivity contribution in [3.63, 3.8) is 0 Å². The van der Waals surface area contributed by atoms with E-state index in [4.69, 9.17) is 9.47 Å². The highest BCUT2D eigenvalue weighted by Crippen LogP contribution is 2.22. The van der Waals surface area contributed by atoms with Crippen LogP contribution in [0.25, 0.3) is 0 Å². The van der Waals surface area contributed by atoms with Gasteiger partial charge in [-0.05, 0) is 37.6 Å². The lowest BCUT2D eigenvalue weighted by molar-refractivity contribution is -0.146. The standard InChI is InChI=1S/C14H20FNO3/c1-10-7-11(15)9-12(8-10)16-14(2,5-6-18-3)13(17)19-4/h7-9,16H,5-6H2,1-4H3. The first kappa shape index (κ1) is 15.4. The van der Waals surface area contributed by atoms with Gasteiger partial charge < -0.3 is 14.8 Å². The van der Waals surface area contributed by atoms with Crippen molar-refractivity contribution in [3.05, 3.63) is 29.6 Å². The summed E-state index contributed by atoms with van der Waals surface area (Å²) >= 11 is 0. The molecule has 106 valence electrons. The van der Waals surface area contributed by atoms with Gasteiger partial charge in [0.25, 0.3) is 0 Å². The normalized spacial score (nSPS) is 13.7. The van der Waals surface area contributed by atoms with E-state index in [-0.39, 0.29) is 5.82 Å². The molecule has 5 heteroatoms. The molecule has 0 amide bonds. The molecule has 0 aliphatic rings. The van der Waals surface area contributed by atoms with Gasteiger partial charge >= 0.3 is 5.97 Å². The molecule has 0 aromatic heterocycles. The molecule has 4 nitrogen and oxygen atoms in total. The highest BCUT2D eigenvalue weighted by molar-refractivity contribution is 5.84. The fraction of sp³-hybridized carbons (Fsp3) is 0.500. The summed E-state index contributed by atoms with van der Waals surface area (Å²) in [4.78, 5) is 11.9. The topological polar surface area (TPSA) is 47.6 Å². The van der Waals surface area contributed by atoms with E-state index < -0.39 is 11.5 Å². The highest BCUT2D eigenvalue weighted by atomic mass is 19.1. The molecule has 0 heterocycles. The second-order valence-corrected chi connectivity index (χ2v) is 4.71. The third kappa shape index (κ3) is 4.21. The third-order valence-corrected chi connectivity index (χ3v) is 2.90. The summed E-state index contributed by atoms with van der Waals surface area (Å²) < 4.78 is 23.1. The molecular formula is C14H20FNO3. The smallest absolute Gasteiger partial charge is 0.331 e. The number of ether oxygens (including phenoxy) is 2. The minimum atomic E-state index is -0.953. The second-order valence-electron chi connectivity index (χ2n) is 4.71. The third-order valence-electron chi connectivity index (χ3n) is 2.90. The first-order valence-corrected chi connectivity index (χ1v) is 6.04. The van der Waals surface area contributed by atoms with Crippen molar-refractivity contribution in [1.29, 1.82) is 0 Å². The van der Waals surface area contributed by atoms with Crippen LogP contribution in [0.3, 0.4) is 0 Å². The van der Waals surface area contributed by atoms with E-state index in [0.29, 0.717) is 18.7 Å². The summed E-state index contributed by atoms with van der Waals surface area (Å²) in [5.41, 5.74) is 0.369. The molecule has 1 unspecified atom stereocenters. The zero-order valence-corrected chi connectivity index (χ0v) is 11.7. The molecule has 0 saturated heterocycles. The van der Waals surface area contributed by atoms with Gasteiger partial charge in [0.05, 0.1) is 7.11 Å². The quantitative estimate of drug-likeness (QED) is 0.806. The monoisotopic (exact) mass is 269 g/mol. The van der Waals surface area contributed by atoms with Gasteiger partial charge in [-0.2, -0.15) is 0 Å². The Morgan fingerprint density at radius 2 is 2.05 bits per heavy atom. The zero-order chi connectivity index (χ0) is 14.5. The van der Waals surface area contributed by atoms with Gasteiger partial charge in [-0.15, -0.1) is 0 Å². The average Bonchev–Trinajstić information content (AvgIpc) is 2.34. The largest absolute Gasteiger partial charge is 0.467 e.